The van der Waals surface area contributed by atoms with Crippen LogP contribution in [0.2, 0.25) is 0 Å². The van der Waals surface area contributed by atoms with Gasteiger partial charge in [0.2, 0.25) is 0 Å². The van der Waals surface area contributed by atoms with Crippen molar-refractivity contribution < 1.29 is 10.1 Å². The van der Waals surface area contributed by atoms with E-state index in [1.807, 2.05) is 0 Å². The lowest BCUT2D eigenvalue weighted by Crippen LogP contribution is -2.18. The summed E-state index contributed by atoms with van der Waals surface area (Å²) in [6.07, 6.45) is 6.31. The second-order valence-electron chi connectivity index (χ2n) is 3.04. The Morgan fingerprint density at radius 1 is 1.18 bits per heavy atom. The number of hydrogen-bond acceptors (Lipinski definition) is 2. The molecule has 0 bridgehead atoms. The third-order valence-electron chi connectivity index (χ3n) is 2.23. The van der Waals surface area contributed by atoms with E-state index >= 15 is 0 Å². The van der Waals surface area contributed by atoms with Crippen molar-refractivity contribution in [1.29, 1.82) is 0 Å². The molecular formula is C7H14N2O2. The van der Waals surface area contributed by atoms with E-state index in [1.54, 1.807) is 0 Å². The maximum atomic E-state index is 10.8. The predicted octanol–water partition coefficient (Wildman–Crippen LogP) is 2.06. The van der Waals surface area contributed by atoms with Crippen molar-refractivity contribution in [2.45, 2.75) is 44.6 Å². The van der Waals surface area contributed by atoms with Gasteiger partial charge in [0.15, 0.2) is 11.3 Å². The molecule has 1 fully saturated rings. The fourth-order valence-corrected chi connectivity index (χ4v) is 1.55. The Kier molecular flexibility index (Phi) is 3.14. The van der Waals surface area contributed by atoms with Gasteiger partial charge >= 0.3 is 0 Å². The van der Waals surface area contributed by atoms with E-state index in [2.05, 4.69) is 5.28 Å². The highest BCUT2D eigenvalue weighted by atomic mass is 16.6. The summed E-state index contributed by atoms with van der Waals surface area (Å²) in [5.74, 6) is 0. The second kappa shape index (κ2) is 4.16. The summed E-state index contributed by atoms with van der Waals surface area (Å²) in [4.78, 5) is 0.436. The number of hydrogen-bond donors (Lipinski definition) is 1. The van der Waals surface area contributed by atoms with E-state index in [0.29, 0.717) is 4.86 Å². The molecule has 0 aromatic carbocycles. The van der Waals surface area contributed by atoms with E-state index < -0.39 is 0 Å². The average molecular weight is 158 g/mol. The molecule has 0 aromatic rings. The van der Waals surface area contributed by atoms with Crippen LogP contribution in [0.1, 0.15) is 38.5 Å². The minimum absolute atomic E-state index is 0.0810. The standard InChI is InChI=1S/C7H14N2O2/c10-8-9(11)7-5-3-1-2-4-6-7/h7,10H,1-6H2. The lowest BCUT2D eigenvalue weighted by molar-refractivity contribution is -0.592. The monoisotopic (exact) mass is 158 g/mol. The van der Waals surface area contributed by atoms with Crippen LogP contribution >= 0.6 is 0 Å². The molecule has 0 radical (unpaired) electrons. The second-order valence-corrected chi connectivity index (χ2v) is 3.04. The largest absolute Gasteiger partial charge is 0.597 e. The first-order chi connectivity index (χ1) is 5.34. The van der Waals surface area contributed by atoms with Crippen LogP contribution in [0.4, 0.5) is 0 Å². The third-order valence-corrected chi connectivity index (χ3v) is 2.23. The van der Waals surface area contributed by atoms with Gasteiger partial charge in [-0.3, -0.25) is 0 Å². The lowest BCUT2D eigenvalue weighted by atomic mass is 10.1. The van der Waals surface area contributed by atoms with Gasteiger partial charge in [0.25, 0.3) is 0 Å². The quantitative estimate of drug-likeness (QED) is 0.275. The molecule has 0 amide bonds. The first-order valence-corrected chi connectivity index (χ1v) is 4.16. The molecule has 1 N–H and O–H groups in total. The van der Waals surface area contributed by atoms with Gasteiger partial charge in [-0.1, -0.05) is 17.7 Å². The highest BCUT2D eigenvalue weighted by molar-refractivity contribution is 4.61. The van der Waals surface area contributed by atoms with Crippen molar-refractivity contribution >= 4 is 0 Å². The van der Waals surface area contributed by atoms with Gasteiger partial charge in [-0.15, -0.1) is 0 Å². The van der Waals surface area contributed by atoms with Gasteiger partial charge in [-0.25, -0.2) is 0 Å². The van der Waals surface area contributed by atoms with Crippen molar-refractivity contribution in [1.82, 2.24) is 0 Å². The Balaban J connectivity index is 2.42. The van der Waals surface area contributed by atoms with Crippen LogP contribution in [0, 0.1) is 5.21 Å². The SMILES string of the molecule is [O-][N+](=NO)C1CCCCCC1. The predicted molar refractivity (Wildman–Crippen MR) is 39.3 cm³/mol. The Hall–Kier alpha value is -0.800. The van der Waals surface area contributed by atoms with Crippen LogP contribution in [0.25, 0.3) is 0 Å². The van der Waals surface area contributed by atoms with Gasteiger partial charge in [-0.2, -0.15) is 0 Å². The molecule has 0 spiro atoms. The van der Waals surface area contributed by atoms with Crippen molar-refractivity contribution in [2.24, 2.45) is 5.28 Å². The molecule has 11 heavy (non-hydrogen) atoms. The van der Waals surface area contributed by atoms with Crippen LogP contribution in [0.3, 0.4) is 0 Å². The summed E-state index contributed by atoms with van der Waals surface area (Å²) in [5.41, 5.74) is 0. The molecule has 1 aliphatic rings. The summed E-state index contributed by atoms with van der Waals surface area (Å²) >= 11 is 0. The fourth-order valence-electron chi connectivity index (χ4n) is 1.55. The van der Waals surface area contributed by atoms with E-state index in [0.717, 1.165) is 25.7 Å². The van der Waals surface area contributed by atoms with Crippen LogP contribution in [-0.2, 0) is 0 Å². The highest BCUT2D eigenvalue weighted by Gasteiger charge is 2.19. The van der Waals surface area contributed by atoms with Crippen LogP contribution in [-0.4, -0.2) is 16.1 Å². The molecule has 0 unspecified atom stereocenters. The molecule has 0 saturated heterocycles. The van der Waals surface area contributed by atoms with Gasteiger partial charge in [0, 0.05) is 12.8 Å². The number of hydroxylamine groups is 1. The molecule has 0 aliphatic heterocycles. The molecule has 4 nitrogen and oxygen atoms in total. The van der Waals surface area contributed by atoms with Crippen LogP contribution in [0.5, 0.6) is 0 Å². The van der Waals surface area contributed by atoms with E-state index in [9.17, 15) is 5.21 Å². The van der Waals surface area contributed by atoms with Crippen molar-refractivity contribution in [3.8, 4) is 0 Å². The molecule has 1 rings (SSSR count). The molecule has 4 heteroatoms. The van der Waals surface area contributed by atoms with Crippen molar-refractivity contribution in [3.05, 3.63) is 5.21 Å². The van der Waals surface area contributed by atoms with E-state index in [4.69, 9.17) is 5.21 Å². The summed E-state index contributed by atoms with van der Waals surface area (Å²) in [7, 11) is 0. The number of rotatable bonds is 1. The van der Waals surface area contributed by atoms with Gasteiger partial charge in [-0.05, 0) is 12.8 Å². The van der Waals surface area contributed by atoms with Crippen LogP contribution in [0.15, 0.2) is 5.28 Å². The summed E-state index contributed by atoms with van der Waals surface area (Å²) in [6, 6.07) is -0.0810. The molecule has 1 saturated carbocycles. The minimum Gasteiger partial charge on any atom is -0.597 e. The zero-order valence-corrected chi connectivity index (χ0v) is 6.57. The fraction of sp³-hybridized carbons (Fsp3) is 1.00. The van der Waals surface area contributed by atoms with Crippen molar-refractivity contribution in [3.63, 3.8) is 0 Å². The smallest absolute Gasteiger partial charge is 0.197 e. The van der Waals surface area contributed by atoms with E-state index in [-0.39, 0.29) is 6.04 Å². The first-order valence-electron chi connectivity index (χ1n) is 4.16. The molecule has 0 aromatic heterocycles. The topological polar surface area (TPSA) is 58.7 Å². The highest BCUT2D eigenvalue weighted by Crippen LogP contribution is 2.19. The molecular weight excluding hydrogens is 144 g/mol. The van der Waals surface area contributed by atoms with Gasteiger partial charge in [0.05, 0.1) is 0 Å². The minimum atomic E-state index is -0.0810. The Morgan fingerprint density at radius 3 is 2.18 bits per heavy atom. The Bertz CT molecular complexity index is 139. The average Bonchev–Trinajstić information content (AvgIpc) is 2.30. The third kappa shape index (κ3) is 2.37. The normalized spacial score (nSPS) is 23.1. The summed E-state index contributed by atoms with van der Waals surface area (Å²) < 4.78 is 0. The summed E-state index contributed by atoms with van der Waals surface area (Å²) in [6.45, 7) is 0. The molecule has 1 aliphatic carbocycles. The number of nitrogens with zero attached hydrogens (tertiary/aromatic N) is 2. The van der Waals surface area contributed by atoms with Crippen molar-refractivity contribution in [2.75, 3.05) is 0 Å². The zero-order valence-electron chi connectivity index (χ0n) is 6.57. The van der Waals surface area contributed by atoms with E-state index in [1.165, 1.54) is 12.8 Å². The zero-order chi connectivity index (χ0) is 8.10. The maximum absolute atomic E-state index is 10.8. The van der Waals surface area contributed by atoms with Gasteiger partial charge in [0.1, 0.15) is 0 Å². The Morgan fingerprint density at radius 2 is 1.73 bits per heavy atom. The summed E-state index contributed by atoms with van der Waals surface area (Å²) in [5, 5.41) is 21.7. The first kappa shape index (κ1) is 8.30. The molecule has 0 atom stereocenters. The maximum Gasteiger partial charge on any atom is 0.197 e. The van der Waals surface area contributed by atoms with Gasteiger partial charge < -0.3 is 10.4 Å². The molecule has 0 heterocycles. The Labute approximate surface area is 66.1 Å². The van der Waals surface area contributed by atoms with Crippen LogP contribution < -0.4 is 0 Å². The molecule has 64 valence electrons. The lowest BCUT2D eigenvalue weighted by Gasteiger charge is -2.08.